The van der Waals surface area contributed by atoms with Crippen LogP contribution in [-0.2, 0) is 9.53 Å². The zero-order chi connectivity index (χ0) is 17.1. The summed E-state index contributed by atoms with van der Waals surface area (Å²) in [6, 6.07) is 0. The highest BCUT2D eigenvalue weighted by molar-refractivity contribution is 5.83. The van der Waals surface area contributed by atoms with Crippen LogP contribution in [0.2, 0.25) is 0 Å². The Labute approximate surface area is 142 Å². The van der Waals surface area contributed by atoms with Crippen molar-refractivity contribution >= 4 is 5.97 Å². The first-order valence-corrected chi connectivity index (χ1v) is 9.31. The van der Waals surface area contributed by atoms with E-state index in [0.29, 0.717) is 6.61 Å². The van der Waals surface area contributed by atoms with E-state index in [-0.39, 0.29) is 5.97 Å². The van der Waals surface area contributed by atoms with Crippen LogP contribution in [0, 0.1) is 5.92 Å². The maximum absolute atomic E-state index is 11.6. The molecule has 0 heterocycles. The van der Waals surface area contributed by atoms with Gasteiger partial charge in [0.1, 0.15) is 0 Å². The molecule has 0 amide bonds. The lowest BCUT2D eigenvalue weighted by molar-refractivity contribution is -0.137. The van der Waals surface area contributed by atoms with Crippen molar-refractivity contribution in [2.45, 2.75) is 79.1 Å². The number of hydrogen-bond acceptors (Lipinski definition) is 2. The fourth-order valence-electron chi connectivity index (χ4n) is 3.07. The molecule has 0 aliphatic heterocycles. The van der Waals surface area contributed by atoms with E-state index in [2.05, 4.69) is 32.9 Å². The van der Waals surface area contributed by atoms with E-state index in [1.165, 1.54) is 43.3 Å². The number of ether oxygens (including phenoxy) is 1. The Hall–Kier alpha value is -1.31. The standard InChI is InChI=1S/C21H34O2/c1-5-17(4)10-8-11-18(6-2)14-19-12-9-13-20(15-19)16-21(22)23-7-3/h10,15-16,18H,5-9,11-14H2,1-4H3. The van der Waals surface area contributed by atoms with Gasteiger partial charge in [0.2, 0.25) is 0 Å². The highest BCUT2D eigenvalue weighted by Crippen LogP contribution is 2.30. The summed E-state index contributed by atoms with van der Waals surface area (Å²) < 4.78 is 5.02. The number of allylic oxidation sites excluding steroid dienone is 5. The minimum absolute atomic E-state index is 0.202. The maximum Gasteiger partial charge on any atom is 0.331 e. The molecule has 0 bridgehead atoms. The van der Waals surface area contributed by atoms with Crippen LogP contribution in [0.15, 0.2) is 34.9 Å². The summed E-state index contributed by atoms with van der Waals surface area (Å²) in [5.41, 5.74) is 4.15. The Morgan fingerprint density at radius 3 is 2.74 bits per heavy atom. The minimum Gasteiger partial charge on any atom is -0.463 e. The lowest BCUT2D eigenvalue weighted by Gasteiger charge is -2.20. The zero-order valence-electron chi connectivity index (χ0n) is 15.5. The quantitative estimate of drug-likeness (QED) is 0.290. The van der Waals surface area contributed by atoms with Gasteiger partial charge in [-0.2, -0.15) is 0 Å². The van der Waals surface area contributed by atoms with E-state index in [9.17, 15) is 4.79 Å². The molecule has 0 fully saturated rings. The molecule has 2 heteroatoms. The van der Waals surface area contributed by atoms with Gasteiger partial charge >= 0.3 is 5.97 Å². The highest BCUT2D eigenvalue weighted by atomic mass is 16.5. The van der Waals surface area contributed by atoms with Crippen LogP contribution < -0.4 is 0 Å². The van der Waals surface area contributed by atoms with Crippen LogP contribution in [0.4, 0.5) is 0 Å². The molecule has 0 spiro atoms. The van der Waals surface area contributed by atoms with Gasteiger partial charge in [0.15, 0.2) is 0 Å². The molecule has 0 N–H and O–H groups in total. The molecule has 0 saturated carbocycles. The Morgan fingerprint density at radius 1 is 1.30 bits per heavy atom. The van der Waals surface area contributed by atoms with E-state index in [4.69, 9.17) is 4.74 Å². The fourth-order valence-corrected chi connectivity index (χ4v) is 3.07. The first kappa shape index (κ1) is 19.7. The van der Waals surface area contributed by atoms with Crippen molar-refractivity contribution in [1.29, 1.82) is 0 Å². The summed E-state index contributed by atoms with van der Waals surface area (Å²) in [5.74, 6) is 0.552. The fraction of sp³-hybridized carbons (Fsp3) is 0.667. The number of carbonyl (C=O) groups excluding carboxylic acids is 1. The third kappa shape index (κ3) is 8.20. The molecule has 1 atom stereocenters. The summed E-state index contributed by atoms with van der Waals surface area (Å²) in [6.07, 6.45) is 15.7. The average molecular weight is 319 g/mol. The molecule has 23 heavy (non-hydrogen) atoms. The summed E-state index contributed by atoms with van der Waals surface area (Å²) in [4.78, 5) is 11.6. The topological polar surface area (TPSA) is 26.3 Å². The Bertz CT molecular complexity index is 454. The maximum atomic E-state index is 11.6. The van der Waals surface area contributed by atoms with E-state index in [1.807, 2.05) is 6.92 Å². The van der Waals surface area contributed by atoms with Crippen LogP contribution in [0.3, 0.4) is 0 Å². The third-order valence-electron chi connectivity index (χ3n) is 4.70. The van der Waals surface area contributed by atoms with Gasteiger partial charge in [0.05, 0.1) is 6.61 Å². The van der Waals surface area contributed by atoms with Gasteiger partial charge in [-0.25, -0.2) is 4.79 Å². The minimum atomic E-state index is -0.202. The molecule has 1 rings (SSSR count). The summed E-state index contributed by atoms with van der Waals surface area (Å²) in [7, 11) is 0. The molecule has 0 aromatic heterocycles. The van der Waals surface area contributed by atoms with E-state index in [0.717, 1.165) is 30.8 Å². The van der Waals surface area contributed by atoms with Gasteiger partial charge < -0.3 is 4.74 Å². The molecule has 0 saturated heterocycles. The van der Waals surface area contributed by atoms with Crippen LogP contribution in [0.1, 0.15) is 79.1 Å². The van der Waals surface area contributed by atoms with E-state index >= 15 is 0 Å². The van der Waals surface area contributed by atoms with Gasteiger partial charge in [0.25, 0.3) is 0 Å². The van der Waals surface area contributed by atoms with Gasteiger partial charge in [-0.3, -0.25) is 0 Å². The molecule has 1 aliphatic rings. The van der Waals surface area contributed by atoms with Gasteiger partial charge in [-0.1, -0.05) is 43.6 Å². The van der Waals surface area contributed by atoms with Gasteiger partial charge in [-0.05, 0) is 70.3 Å². The molecule has 1 unspecified atom stereocenters. The highest BCUT2D eigenvalue weighted by Gasteiger charge is 2.13. The first-order valence-electron chi connectivity index (χ1n) is 9.31. The predicted molar refractivity (Wildman–Crippen MR) is 98.3 cm³/mol. The summed E-state index contributed by atoms with van der Waals surface area (Å²) in [6.45, 7) is 9.02. The summed E-state index contributed by atoms with van der Waals surface area (Å²) in [5, 5.41) is 0. The lowest BCUT2D eigenvalue weighted by Crippen LogP contribution is -2.06. The monoisotopic (exact) mass is 318 g/mol. The number of hydrogen-bond donors (Lipinski definition) is 0. The third-order valence-corrected chi connectivity index (χ3v) is 4.70. The summed E-state index contributed by atoms with van der Waals surface area (Å²) >= 11 is 0. The largest absolute Gasteiger partial charge is 0.463 e. The van der Waals surface area contributed by atoms with Crippen LogP contribution >= 0.6 is 0 Å². The number of esters is 1. The van der Waals surface area contributed by atoms with Crippen molar-refractivity contribution in [2.24, 2.45) is 5.92 Å². The normalized spacial score (nSPS) is 18.7. The second-order valence-electron chi connectivity index (χ2n) is 6.59. The van der Waals surface area contributed by atoms with E-state index < -0.39 is 0 Å². The van der Waals surface area contributed by atoms with E-state index in [1.54, 1.807) is 6.08 Å². The number of carbonyl (C=O) groups is 1. The van der Waals surface area contributed by atoms with Crippen LogP contribution in [0.5, 0.6) is 0 Å². The molecule has 130 valence electrons. The van der Waals surface area contributed by atoms with Crippen LogP contribution in [0.25, 0.3) is 0 Å². The van der Waals surface area contributed by atoms with Crippen molar-refractivity contribution in [1.82, 2.24) is 0 Å². The van der Waals surface area contributed by atoms with Gasteiger partial charge in [0, 0.05) is 6.08 Å². The predicted octanol–water partition coefficient (Wildman–Crippen LogP) is 6.14. The van der Waals surface area contributed by atoms with Crippen molar-refractivity contribution < 1.29 is 9.53 Å². The first-order chi connectivity index (χ1) is 11.1. The van der Waals surface area contributed by atoms with Crippen molar-refractivity contribution in [3.8, 4) is 0 Å². The molecular weight excluding hydrogens is 284 g/mol. The molecule has 2 nitrogen and oxygen atoms in total. The number of rotatable bonds is 9. The smallest absolute Gasteiger partial charge is 0.331 e. The molecule has 0 radical (unpaired) electrons. The molecule has 1 aliphatic carbocycles. The average Bonchev–Trinajstić information content (AvgIpc) is 2.54. The zero-order valence-corrected chi connectivity index (χ0v) is 15.5. The Balaban J connectivity index is 2.58. The molecule has 0 aromatic carbocycles. The molecular formula is C21H34O2. The Kier molecular flexibility index (Phi) is 9.66. The second-order valence-corrected chi connectivity index (χ2v) is 6.59. The Morgan fingerprint density at radius 2 is 2.09 bits per heavy atom. The van der Waals surface area contributed by atoms with Crippen molar-refractivity contribution in [3.63, 3.8) is 0 Å². The van der Waals surface area contributed by atoms with Crippen LogP contribution in [-0.4, -0.2) is 12.6 Å². The second kappa shape index (κ2) is 11.3. The lowest BCUT2D eigenvalue weighted by atomic mass is 9.86. The molecule has 0 aromatic rings. The van der Waals surface area contributed by atoms with Crippen molar-refractivity contribution in [2.75, 3.05) is 6.61 Å². The SMILES string of the molecule is CCOC(=O)C=C1C=C(CC(CC)CCC=C(C)CC)CCC1. The van der Waals surface area contributed by atoms with Gasteiger partial charge in [-0.15, -0.1) is 0 Å². The van der Waals surface area contributed by atoms with Crippen molar-refractivity contribution in [3.05, 3.63) is 34.9 Å².